The second-order valence-corrected chi connectivity index (χ2v) is 5.60. The first-order chi connectivity index (χ1) is 12.7. The van der Waals surface area contributed by atoms with Crippen LogP contribution >= 0.6 is 11.6 Å². The van der Waals surface area contributed by atoms with Crippen LogP contribution in [0.4, 0.5) is 5.95 Å². The number of hydrazone groups is 1. The topological polar surface area (TPSA) is 99.6 Å². The van der Waals surface area contributed by atoms with Crippen molar-refractivity contribution < 1.29 is 9.47 Å². The number of hydrogen-bond acceptors (Lipinski definition) is 7. The molecule has 3 rings (SSSR count). The molecule has 1 heterocycles. The zero-order valence-corrected chi connectivity index (χ0v) is 14.7. The summed E-state index contributed by atoms with van der Waals surface area (Å²) < 4.78 is 12.6. The monoisotopic (exact) mass is 372 g/mol. The molecular weight excluding hydrogens is 356 g/mol. The molecule has 0 unspecified atom stereocenters. The Balaban J connectivity index is 1.79. The van der Waals surface area contributed by atoms with Crippen molar-refractivity contribution in [3.8, 4) is 11.5 Å². The van der Waals surface area contributed by atoms with Crippen LogP contribution < -0.4 is 20.7 Å². The molecule has 0 spiro atoms. The van der Waals surface area contributed by atoms with Crippen molar-refractivity contribution in [3.63, 3.8) is 0 Å². The number of nitrogens with zero attached hydrogens (tertiary/aromatic N) is 4. The van der Waals surface area contributed by atoms with Gasteiger partial charge in [0.25, 0.3) is 5.95 Å². The second kappa shape index (κ2) is 8.21. The van der Waals surface area contributed by atoms with E-state index >= 15 is 0 Å². The summed E-state index contributed by atoms with van der Waals surface area (Å²) in [5, 5.41) is 12.2. The van der Waals surface area contributed by atoms with Crippen LogP contribution in [0.3, 0.4) is 0 Å². The highest BCUT2D eigenvalue weighted by atomic mass is 35.5. The van der Waals surface area contributed by atoms with Crippen molar-refractivity contribution in [1.82, 2.24) is 14.9 Å². The Kier molecular flexibility index (Phi) is 5.55. The van der Waals surface area contributed by atoms with Gasteiger partial charge in [-0.25, -0.2) is 10.1 Å². The number of nitrogens with one attached hydrogen (secondary N) is 1. The quantitative estimate of drug-likeness (QED) is 0.376. The zero-order chi connectivity index (χ0) is 18.4. The zero-order valence-electron chi connectivity index (χ0n) is 14.0. The molecule has 3 aromatic rings. The van der Waals surface area contributed by atoms with E-state index in [1.165, 1.54) is 11.0 Å². The molecule has 0 aliphatic carbocycles. The summed E-state index contributed by atoms with van der Waals surface area (Å²) in [6.07, 6.45) is 2.95. The predicted molar refractivity (Wildman–Crippen MR) is 100 cm³/mol. The molecule has 3 N–H and O–H groups in total. The van der Waals surface area contributed by atoms with Crippen molar-refractivity contribution in [1.29, 1.82) is 0 Å². The predicted octanol–water partition coefficient (Wildman–Crippen LogP) is 2.68. The molecule has 1 aromatic heterocycles. The molecule has 8 nitrogen and oxygen atoms in total. The van der Waals surface area contributed by atoms with Gasteiger partial charge in [-0.3, -0.25) is 0 Å². The lowest BCUT2D eigenvalue weighted by molar-refractivity contribution is 0.284. The van der Waals surface area contributed by atoms with Gasteiger partial charge < -0.3 is 15.3 Å². The van der Waals surface area contributed by atoms with Crippen molar-refractivity contribution in [2.24, 2.45) is 5.10 Å². The average molecular weight is 373 g/mol. The van der Waals surface area contributed by atoms with Crippen LogP contribution in [0.5, 0.6) is 11.5 Å². The molecule has 0 saturated carbocycles. The Morgan fingerprint density at radius 3 is 2.85 bits per heavy atom. The first-order valence-electron chi connectivity index (χ1n) is 7.66. The second-order valence-electron chi connectivity index (χ2n) is 5.19. The van der Waals surface area contributed by atoms with Gasteiger partial charge in [-0.1, -0.05) is 35.9 Å². The molecule has 26 heavy (non-hydrogen) atoms. The summed E-state index contributed by atoms with van der Waals surface area (Å²) in [5.41, 5.74) is 4.29. The fraction of sp³-hybridized carbons (Fsp3) is 0.118. The van der Waals surface area contributed by atoms with Crippen LogP contribution in [0.2, 0.25) is 5.02 Å². The number of para-hydroxylation sites is 1. The molecule has 0 saturated heterocycles. The van der Waals surface area contributed by atoms with E-state index in [9.17, 15) is 0 Å². The van der Waals surface area contributed by atoms with Gasteiger partial charge in [0.1, 0.15) is 12.9 Å². The van der Waals surface area contributed by atoms with Crippen LogP contribution in [0.25, 0.3) is 0 Å². The molecule has 2 aromatic carbocycles. The highest BCUT2D eigenvalue weighted by Gasteiger charge is 2.11. The van der Waals surface area contributed by atoms with E-state index in [0.717, 1.165) is 5.56 Å². The maximum Gasteiger partial charge on any atom is 0.263 e. The van der Waals surface area contributed by atoms with Crippen LogP contribution in [-0.2, 0) is 6.61 Å². The van der Waals surface area contributed by atoms with E-state index in [1.54, 1.807) is 13.3 Å². The minimum absolute atomic E-state index is 0.297. The molecule has 0 amide bonds. The summed E-state index contributed by atoms with van der Waals surface area (Å²) in [4.78, 5) is 0. The van der Waals surface area contributed by atoms with Gasteiger partial charge in [-0.15, -0.1) is 10.2 Å². The number of nitrogens with two attached hydrogens (primary N) is 1. The Morgan fingerprint density at radius 1 is 1.27 bits per heavy atom. The van der Waals surface area contributed by atoms with Gasteiger partial charge in [-0.2, -0.15) is 5.10 Å². The Hall–Kier alpha value is -3.26. The minimum atomic E-state index is 0.297. The third-order valence-electron chi connectivity index (χ3n) is 3.50. The van der Waals surface area contributed by atoms with Crippen molar-refractivity contribution in [3.05, 3.63) is 64.9 Å². The average Bonchev–Trinajstić information content (AvgIpc) is 3.06. The van der Waals surface area contributed by atoms with E-state index in [1.807, 2.05) is 42.5 Å². The standard InChI is InChI=1S/C17H17ClN6O2/c1-25-15-8-4-6-12(9-20-22-17-23-21-11-24(17)19)16(15)26-10-13-5-2-3-7-14(13)18/h2-9,11H,10,19H2,1H3,(H,22,23)/b20-9-. The van der Waals surface area contributed by atoms with E-state index in [4.69, 9.17) is 26.9 Å². The van der Waals surface area contributed by atoms with E-state index in [0.29, 0.717) is 34.6 Å². The maximum absolute atomic E-state index is 6.18. The van der Waals surface area contributed by atoms with E-state index < -0.39 is 0 Å². The highest BCUT2D eigenvalue weighted by Crippen LogP contribution is 2.31. The Bertz CT molecular complexity index is 912. The molecule has 134 valence electrons. The number of rotatable bonds is 7. The number of halogens is 1. The Labute approximate surface area is 155 Å². The summed E-state index contributed by atoms with van der Waals surface area (Å²) in [7, 11) is 1.58. The third-order valence-corrected chi connectivity index (χ3v) is 3.87. The van der Waals surface area contributed by atoms with Crippen molar-refractivity contribution >= 4 is 23.8 Å². The molecular formula is C17H17ClN6O2. The van der Waals surface area contributed by atoms with Crippen molar-refractivity contribution in [2.45, 2.75) is 6.61 Å². The van der Waals surface area contributed by atoms with Crippen LogP contribution in [-0.4, -0.2) is 28.2 Å². The van der Waals surface area contributed by atoms with Crippen LogP contribution in [0.15, 0.2) is 53.9 Å². The number of ether oxygens (including phenoxy) is 2. The molecule has 0 bridgehead atoms. The maximum atomic E-state index is 6.18. The van der Waals surface area contributed by atoms with Gasteiger partial charge in [0, 0.05) is 16.1 Å². The first-order valence-corrected chi connectivity index (χ1v) is 8.04. The smallest absolute Gasteiger partial charge is 0.263 e. The Morgan fingerprint density at radius 2 is 2.12 bits per heavy atom. The van der Waals surface area contributed by atoms with Gasteiger partial charge >= 0.3 is 0 Å². The third kappa shape index (κ3) is 4.04. The van der Waals surface area contributed by atoms with Crippen LogP contribution in [0.1, 0.15) is 11.1 Å². The first kappa shape index (κ1) is 17.6. The summed E-state index contributed by atoms with van der Waals surface area (Å²) in [5.74, 6) is 7.06. The fourth-order valence-corrected chi connectivity index (χ4v) is 2.39. The number of benzene rings is 2. The van der Waals surface area contributed by atoms with Gasteiger partial charge in [-0.05, 0) is 18.2 Å². The summed E-state index contributed by atoms with van der Waals surface area (Å²) in [6, 6.07) is 13.0. The lowest BCUT2D eigenvalue weighted by Gasteiger charge is -2.13. The molecule has 0 aliphatic heterocycles. The van der Waals surface area contributed by atoms with E-state index in [2.05, 4.69) is 20.7 Å². The molecule has 0 fully saturated rings. The summed E-state index contributed by atoms with van der Waals surface area (Å²) >= 11 is 6.18. The van der Waals surface area contributed by atoms with Crippen molar-refractivity contribution in [2.75, 3.05) is 18.4 Å². The largest absolute Gasteiger partial charge is 0.493 e. The van der Waals surface area contributed by atoms with Gasteiger partial charge in [0.15, 0.2) is 11.5 Å². The lowest BCUT2D eigenvalue weighted by atomic mass is 10.2. The summed E-state index contributed by atoms with van der Waals surface area (Å²) in [6.45, 7) is 0.297. The number of nitrogen functional groups attached to an aromatic ring is 1. The molecule has 0 atom stereocenters. The number of aromatic nitrogens is 3. The van der Waals surface area contributed by atoms with Crippen LogP contribution in [0, 0.1) is 0 Å². The van der Waals surface area contributed by atoms with E-state index in [-0.39, 0.29) is 0 Å². The number of hydrogen-bond donors (Lipinski definition) is 2. The van der Waals surface area contributed by atoms with Gasteiger partial charge in [0.05, 0.1) is 13.3 Å². The SMILES string of the molecule is COc1cccc(/C=N\Nc2nncn2N)c1OCc1ccccc1Cl. The number of anilines is 1. The minimum Gasteiger partial charge on any atom is -0.493 e. The fourth-order valence-electron chi connectivity index (χ4n) is 2.20. The molecule has 9 heteroatoms. The highest BCUT2D eigenvalue weighted by molar-refractivity contribution is 6.31. The molecule has 0 radical (unpaired) electrons. The molecule has 0 aliphatic rings. The normalized spacial score (nSPS) is 10.8. The number of methoxy groups -OCH3 is 1. The lowest BCUT2D eigenvalue weighted by Crippen LogP contribution is -2.10. The van der Waals surface area contributed by atoms with Gasteiger partial charge in [0.2, 0.25) is 0 Å².